The van der Waals surface area contributed by atoms with E-state index in [4.69, 9.17) is 33.2 Å². The Morgan fingerprint density at radius 3 is 1.54 bits per heavy atom. The van der Waals surface area contributed by atoms with Crippen molar-refractivity contribution in [2.45, 2.75) is 247 Å². The molecule has 0 aliphatic carbocycles. The van der Waals surface area contributed by atoms with Crippen molar-refractivity contribution in [1.82, 2.24) is 21.3 Å². The molecule has 27 heteroatoms. The summed E-state index contributed by atoms with van der Waals surface area (Å²) in [7, 11) is -5.05. The Morgan fingerprint density at radius 1 is 0.541 bits per heavy atom. The lowest BCUT2D eigenvalue weighted by atomic mass is 9.92. The summed E-state index contributed by atoms with van der Waals surface area (Å²) >= 11 is 0. The van der Waals surface area contributed by atoms with Gasteiger partial charge in [-0.1, -0.05) is 84.0 Å². The zero-order valence-corrected chi connectivity index (χ0v) is 43.9. The number of carbonyl (C=O) groups excluding carboxylic acids is 4. The fraction of sp³-hybridized carbons (Fsp3) is 0.915. The van der Waals surface area contributed by atoms with E-state index in [0.717, 1.165) is 32.6 Å². The van der Waals surface area contributed by atoms with Gasteiger partial charge >= 0.3 is 10.4 Å². The first-order valence-electron chi connectivity index (χ1n) is 26.0. The molecule has 0 spiro atoms. The molecule has 0 radical (unpaired) electrons. The van der Waals surface area contributed by atoms with Crippen molar-refractivity contribution in [3.8, 4) is 0 Å². The van der Waals surface area contributed by atoms with Crippen LogP contribution in [-0.2, 0) is 66.9 Å². The minimum Gasteiger partial charge on any atom is -0.394 e. The molecule has 4 aliphatic heterocycles. The molecule has 430 valence electrons. The second kappa shape index (κ2) is 31.6. The van der Waals surface area contributed by atoms with Crippen LogP contribution in [0.4, 0.5) is 0 Å². The summed E-state index contributed by atoms with van der Waals surface area (Å²) in [6.07, 6.45) is -8.60. The van der Waals surface area contributed by atoms with Gasteiger partial charge < -0.3 is 90.2 Å². The molecule has 0 bridgehead atoms. The maximum atomic E-state index is 13.3. The number of aliphatic hydroxyl groups excluding tert-OH is 7. The molecule has 26 nitrogen and oxygen atoms in total. The van der Waals surface area contributed by atoms with Crippen LogP contribution in [0.25, 0.3) is 0 Å². The van der Waals surface area contributed by atoms with Gasteiger partial charge in [0.2, 0.25) is 23.6 Å². The Labute approximate surface area is 433 Å². The number of aliphatic hydroxyl groups is 7. The van der Waals surface area contributed by atoms with E-state index < -0.39 is 177 Å². The molecule has 4 saturated heterocycles. The Bertz CT molecular complexity index is 1830. The maximum absolute atomic E-state index is 13.3. The normalized spacial score (nSPS) is 35.7. The number of hydrogen-bond donors (Lipinski definition) is 12. The number of hydrogen-bond acceptors (Lipinski definition) is 21. The maximum Gasteiger partial charge on any atom is 0.397 e. The zero-order chi connectivity index (χ0) is 54.7. The quantitative estimate of drug-likeness (QED) is 0.0279. The average Bonchev–Trinajstić information content (AvgIpc) is 3.33. The number of nitrogens with one attached hydrogen (secondary N) is 4. The molecule has 0 aromatic heterocycles. The van der Waals surface area contributed by atoms with Crippen LogP contribution in [0.15, 0.2) is 0 Å². The SMILES string of the molecule is CCCCCCCCCCCCCCCC(=O)N[C@H]1[C@H](O[C@H]2C[C@@H](NC(C)=O)[C@H](O[C@H]3[C@H](O)[C@@H](NC(C)=O)[C@H](O[C@H]4C(O)[C@@H](NC(C)=O)[C@H](C)O[C@@H]4COS(=O)(=O)O)O[C@@H]3CO)O[C@@H]2CO)O[C@H](CO)[C@@H](O)[C@@H]1O. The lowest BCUT2D eigenvalue weighted by Crippen LogP contribution is -2.70. The minimum atomic E-state index is -5.05. The van der Waals surface area contributed by atoms with Gasteiger partial charge in [-0.15, -0.1) is 0 Å². The van der Waals surface area contributed by atoms with E-state index in [0.29, 0.717) is 6.42 Å². The predicted octanol–water partition coefficient (Wildman–Crippen LogP) is -1.79. The Balaban J connectivity index is 1.47. The molecule has 4 amide bonds. The molecule has 4 heterocycles. The predicted molar refractivity (Wildman–Crippen MR) is 257 cm³/mol. The lowest BCUT2D eigenvalue weighted by Gasteiger charge is -2.50. The summed E-state index contributed by atoms with van der Waals surface area (Å²) in [5.74, 6) is -2.38. The highest BCUT2D eigenvalue weighted by Crippen LogP contribution is 2.35. The molecule has 19 atom stereocenters. The third-order valence-corrected chi connectivity index (χ3v) is 14.1. The molecule has 0 saturated carbocycles. The molecule has 4 fully saturated rings. The van der Waals surface area contributed by atoms with Crippen molar-refractivity contribution in [2.75, 3.05) is 26.4 Å². The molecular weight excluding hydrogens is 1000 g/mol. The molecular formula is C47H84N4O22S. The number of rotatable bonds is 30. The number of ether oxygens (including phenoxy) is 7. The average molecular weight is 1090 g/mol. The topological polar surface area (TPSA) is 386 Å². The van der Waals surface area contributed by atoms with Crippen molar-refractivity contribution >= 4 is 34.0 Å². The van der Waals surface area contributed by atoms with E-state index in [1.165, 1.54) is 72.1 Å². The van der Waals surface area contributed by atoms with Crippen LogP contribution < -0.4 is 21.3 Å². The molecule has 4 rings (SSSR count). The first kappa shape index (κ1) is 63.7. The van der Waals surface area contributed by atoms with E-state index in [-0.39, 0.29) is 12.8 Å². The van der Waals surface area contributed by atoms with Crippen molar-refractivity contribution in [3.05, 3.63) is 0 Å². The van der Waals surface area contributed by atoms with Crippen molar-refractivity contribution in [2.24, 2.45) is 0 Å². The molecule has 0 aromatic rings. The number of unbranched alkanes of at least 4 members (excludes halogenated alkanes) is 12. The highest BCUT2D eigenvalue weighted by molar-refractivity contribution is 7.80. The molecule has 4 aliphatic rings. The first-order valence-corrected chi connectivity index (χ1v) is 27.3. The van der Waals surface area contributed by atoms with Crippen molar-refractivity contribution in [3.63, 3.8) is 0 Å². The summed E-state index contributed by atoms with van der Waals surface area (Å²) in [5.41, 5.74) is 0. The monoisotopic (exact) mass is 1090 g/mol. The summed E-state index contributed by atoms with van der Waals surface area (Å²) in [6.45, 7) is 3.76. The standard InChI is InChI=1S/C47H84N4O22S/c1-6-7-8-9-10-11-12-13-14-15-16-17-18-19-35(58)51-37-40(60)39(59)32(22-53)70-46(37)68-30-20-29(48-26(3)55)45(69-31(30)21-52)72-43-33(23-54)71-47(38(42(43)62)50-28(5)57)73-44-34(24-66-74(63,64)65)67-25(2)36(41(44)61)49-27(4)56/h25,29-34,36-47,52-54,59-62H,6-24H2,1-5H3,(H,48,55)(H,49,56)(H,50,57)(H,51,58)(H,63,64,65)/t25-,29+,30-,31+,32+,33+,34+,36-,37+,38+,39+,40+,41?,42+,43+,44+,45-,46+,47-/m0/s1. The Kier molecular flexibility index (Phi) is 27.2. The first-order chi connectivity index (χ1) is 35.1. The van der Waals surface area contributed by atoms with Gasteiger partial charge in [-0.2, -0.15) is 8.42 Å². The van der Waals surface area contributed by atoms with E-state index in [9.17, 15) is 67.9 Å². The van der Waals surface area contributed by atoms with Crippen molar-refractivity contribution < 1.29 is 105 Å². The lowest BCUT2D eigenvalue weighted by molar-refractivity contribution is -0.349. The highest BCUT2D eigenvalue weighted by Gasteiger charge is 2.54. The molecule has 1 unspecified atom stereocenters. The van der Waals surface area contributed by atoms with Gasteiger partial charge in [0.15, 0.2) is 18.9 Å². The van der Waals surface area contributed by atoms with Gasteiger partial charge in [-0.3, -0.25) is 23.7 Å². The van der Waals surface area contributed by atoms with E-state index in [1.54, 1.807) is 0 Å². The van der Waals surface area contributed by atoms with Crippen LogP contribution in [0, 0.1) is 0 Å². The van der Waals surface area contributed by atoms with Gasteiger partial charge in [-0.25, -0.2) is 4.18 Å². The summed E-state index contributed by atoms with van der Waals surface area (Å²) in [5, 5.41) is 87.1. The van der Waals surface area contributed by atoms with Crippen LogP contribution in [-0.4, -0.2) is 215 Å². The van der Waals surface area contributed by atoms with Crippen LogP contribution >= 0.6 is 0 Å². The Morgan fingerprint density at radius 2 is 1.00 bits per heavy atom. The van der Waals surface area contributed by atoms with Crippen LogP contribution in [0.1, 0.15) is 131 Å². The van der Waals surface area contributed by atoms with Crippen molar-refractivity contribution in [1.29, 1.82) is 0 Å². The summed E-state index contributed by atoms with van der Waals surface area (Å²) in [4.78, 5) is 50.6. The van der Waals surface area contributed by atoms with Crippen LogP contribution in [0.3, 0.4) is 0 Å². The van der Waals surface area contributed by atoms with Gasteiger partial charge in [-0.05, 0) is 13.3 Å². The molecule has 0 aromatic carbocycles. The summed E-state index contributed by atoms with van der Waals surface area (Å²) in [6, 6.07) is -5.33. The van der Waals surface area contributed by atoms with Gasteiger partial charge in [0.25, 0.3) is 0 Å². The smallest absolute Gasteiger partial charge is 0.394 e. The second-order valence-corrected chi connectivity index (χ2v) is 20.8. The number of amides is 4. The fourth-order valence-electron chi connectivity index (χ4n) is 9.85. The molecule has 74 heavy (non-hydrogen) atoms. The fourth-order valence-corrected chi connectivity index (χ4v) is 10.2. The van der Waals surface area contributed by atoms with Gasteiger partial charge in [0.05, 0.1) is 50.7 Å². The molecule has 12 N–H and O–H groups in total. The van der Waals surface area contributed by atoms with Gasteiger partial charge in [0, 0.05) is 33.6 Å². The Hall–Kier alpha value is -2.81. The number of carbonyl (C=O) groups is 4. The highest BCUT2D eigenvalue weighted by atomic mass is 32.3. The second-order valence-electron chi connectivity index (χ2n) is 19.7. The van der Waals surface area contributed by atoms with Gasteiger partial charge in [0.1, 0.15) is 73.1 Å². The van der Waals surface area contributed by atoms with E-state index in [2.05, 4.69) is 32.4 Å². The minimum absolute atomic E-state index is 0.103. The zero-order valence-electron chi connectivity index (χ0n) is 43.1. The van der Waals surface area contributed by atoms with E-state index >= 15 is 0 Å². The van der Waals surface area contributed by atoms with Crippen LogP contribution in [0.5, 0.6) is 0 Å². The van der Waals surface area contributed by atoms with Crippen LogP contribution in [0.2, 0.25) is 0 Å². The largest absolute Gasteiger partial charge is 0.397 e. The van der Waals surface area contributed by atoms with E-state index in [1.807, 2.05) is 0 Å². The summed E-state index contributed by atoms with van der Waals surface area (Å²) < 4.78 is 79.3. The third-order valence-electron chi connectivity index (χ3n) is 13.7. The third kappa shape index (κ3) is 19.6.